The largest absolute Gasteiger partial charge is 0.459 e. The molecule has 92 valence electrons. The lowest BCUT2D eigenvalue weighted by molar-refractivity contribution is -0.154. The number of benzene rings is 1. The van der Waals surface area contributed by atoms with Gasteiger partial charge in [-0.15, -0.1) is 0 Å². The first-order valence-electron chi connectivity index (χ1n) is 5.24. The van der Waals surface area contributed by atoms with Gasteiger partial charge in [-0.3, -0.25) is 4.79 Å². The van der Waals surface area contributed by atoms with E-state index in [9.17, 15) is 9.59 Å². The van der Waals surface area contributed by atoms with Crippen LogP contribution in [0.2, 0.25) is 0 Å². The zero-order chi connectivity index (χ0) is 12.8. The van der Waals surface area contributed by atoms with E-state index >= 15 is 0 Å². The van der Waals surface area contributed by atoms with E-state index in [-0.39, 0.29) is 6.61 Å². The van der Waals surface area contributed by atoms with Crippen molar-refractivity contribution in [2.24, 2.45) is 0 Å². The van der Waals surface area contributed by atoms with Gasteiger partial charge in [0.05, 0.1) is 6.61 Å². The monoisotopic (exact) mass is 299 g/mol. The van der Waals surface area contributed by atoms with Crippen molar-refractivity contribution in [1.82, 2.24) is 5.32 Å². The van der Waals surface area contributed by atoms with Crippen LogP contribution in [0.15, 0.2) is 22.7 Å². The van der Waals surface area contributed by atoms with Gasteiger partial charge in [-0.25, -0.2) is 4.79 Å². The van der Waals surface area contributed by atoms with Gasteiger partial charge >= 0.3 is 11.9 Å². The lowest BCUT2D eigenvalue weighted by atomic mass is 10.1. The van der Waals surface area contributed by atoms with Gasteiger partial charge in [-0.1, -0.05) is 22.0 Å². The number of hydrogen-bond acceptors (Lipinski definition) is 3. The minimum atomic E-state index is -0.847. The molecule has 0 radical (unpaired) electrons. The van der Waals surface area contributed by atoms with E-state index in [4.69, 9.17) is 0 Å². The maximum absolute atomic E-state index is 11.3. The van der Waals surface area contributed by atoms with Gasteiger partial charge in [0.25, 0.3) is 0 Å². The Morgan fingerprint density at radius 2 is 2.12 bits per heavy atom. The molecule has 5 heteroatoms. The third-order valence-corrected chi connectivity index (χ3v) is 2.70. The van der Waals surface area contributed by atoms with Crippen LogP contribution in [0.5, 0.6) is 0 Å². The number of esters is 1. The Bertz CT molecular complexity index is 432. The summed E-state index contributed by atoms with van der Waals surface area (Å²) in [6.07, 6.45) is 0. The van der Waals surface area contributed by atoms with Gasteiger partial charge in [-0.05, 0) is 37.1 Å². The number of halogens is 1. The molecule has 0 aliphatic heterocycles. The molecule has 0 unspecified atom stereocenters. The molecule has 4 nitrogen and oxygen atoms in total. The van der Waals surface area contributed by atoms with Crippen LogP contribution in [0, 0.1) is 6.92 Å². The Kier molecular flexibility index (Phi) is 5.15. The summed E-state index contributed by atoms with van der Waals surface area (Å²) >= 11 is 3.35. The second-order valence-corrected chi connectivity index (χ2v) is 4.39. The van der Waals surface area contributed by atoms with E-state index in [2.05, 4.69) is 26.0 Å². The lowest BCUT2D eigenvalue weighted by Gasteiger charge is -2.08. The third-order valence-electron chi connectivity index (χ3n) is 2.21. The Hall–Kier alpha value is -1.36. The molecule has 0 aromatic heterocycles. The normalized spacial score (nSPS) is 9.82. The van der Waals surface area contributed by atoms with Crippen molar-refractivity contribution in [2.75, 3.05) is 6.61 Å². The molecule has 0 saturated carbocycles. The van der Waals surface area contributed by atoms with E-state index in [0.717, 1.165) is 15.6 Å². The summed E-state index contributed by atoms with van der Waals surface area (Å²) < 4.78 is 5.52. The average Bonchev–Trinajstić information content (AvgIpc) is 2.30. The van der Waals surface area contributed by atoms with Crippen molar-refractivity contribution in [1.29, 1.82) is 0 Å². The number of amides is 1. The summed E-state index contributed by atoms with van der Waals surface area (Å²) in [7, 11) is 0. The topological polar surface area (TPSA) is 55.4 Å². The molecule has 0 aliphatic carbocycles. The van der Waals surface area contributed by atoms with E-state index in [1.54, 1.807) is 6.92 Å². The molecule has 0 fully saturated rings. The fraction of sp³-hybridized carbons (Fsp3) is 0.333. The first kappa shape index (κ1) is 13.7. The van der Waals surface area contributed by atoms with Crippen LogP contribution in [0.4, 0.5) is 0 Å². The summed E-state index contributed by atoms with van der Waals surface area (Å²) in [5.74, 6) is -1.56. The number of hydrogen-bond donors (Lipinski definition) is 1. The molecule has 0 heterocycles. The second-order valence-electron chi connectivity index (χ2n) is 3.47. The van der Waals surface area contributed by atoms with E-state index in [1.165, 1.54) is 0 Å². The predicted molar refractivity (Wildman–Crippen MR) is 67.4 cm³/mol. The molecule has 1 amide bonds. The van der Waals surface area contributed by atoms with Crippen LogP contribution >= 0.6 is 15.9 Å². The van der Waals surface area contributed by atoms with E-state index in [1.807, 2.05) is 25.1 Å². The maximum Gasteiger partial charge on any atom is 0.396 e. The highest BCUT2D eigenvalue weighted by molar-refractivity contribution is 9.10. The van der Waals surface area contributed by atoms with Gasteiger partial charge in [0.15, 0.2) is 0 Å². The van der Waals surface area contributed by atoms with Crippen LogP contribution in [-0.4, -0.2) is 18.5 Å². The highest BCUT2D eigenvalue weighted by atomic mass is 79.9. The first-order chi connectivity index (χ1) is 8.04. The molecule has 0 aliphatic rings. The standard InChI is InChI=1S/C12H14BrNO3/c1-3-17-12(16)11(15)14-7-9-6-10(13)5-4-8(9)2/h4-6H,3,7H2,1-2H3,(H,14,15). The van der Waals surface area contributed by atoms with Crippen LogP contribution in [0.25, 0.3) is 0 Å². The number of aryl methyl sites for hydroxylation is 1. The molecule has 1 N–H and O–H groups in total. The Balaban J connectivity index is 2.58. The number of carbonyl (C=O) groups is 2. The van der Waals surface area contributed by atoms with Gasteiger partial charge in [0, 0.05) is 11.0 Å². The number of nitrogens with one attached hydrogen (secondary N) is 1. The van der Waals surface area contributed by atoms with E-state index < -0.39 is 11.9 Å². The van der Waals surface area contributed by atoms with Crippen molar-refractivity contribution in [3.8, 4) is 0 Å². The molecule has 1 aromatic rings. The molecule has 0 atom stereocenters. The smallest absolute Gasteiger partial charge is 0.396 e. The Morgan fingerprint density at radius 3 is 2.76 bits per heavy atom. The molecule has 0 spiro atoms. The van der Waals surface area contributed by atoms with Crippen LogP contribution in [-0.2, 0) is 20.9 Å². The highest BCUT2D eigenvalue weighted by Gasteiger charge is 2.14. The average molecular weight is 300 g/mol. The lowest BCUT2D eigenvalue weighted by Crippen LogP contribution is -2.32. The van der Waals surface area contributed by atoms with Crippen molar-refractivity contribution < 1.29 is 14.3 Å². The Labute approximate surface area is 108 Å². The third kappa shape index (κ3) is 4.19. The maximum atomic E-state index is 11.3. The summed E-state index contributed by atoms with van der Waals surface area (Å²) in [5, 5.41) is 2.52. The quantitative estimate of drug-likeness (QED) is 0.685. The van der Waals surface area contributed by atoms with Crippen LogP contribution in [0.1, 0.15) is 18.1 Å². The first-order valence-corrected chi connectivity index (χ1v) is 6.04. The Morgan fingerprint density at radius 1 is 1.41 bits per heavy atom. The fourth-order valence-electron chi connectivity index (χ4n) is 1.27. The van der Waals surface area contributed by atoms with Crippen molar-refractivity contribution in [3.63, 3.8) is 0 Å². The molecule has 17 heavy (non-hydrogen) atoms. The fourth-order valence-corrected chi connectivity index (χ4v) is 1.68. The molecule has 1 aromatic carbocycles. The number of ether oxygens (including phenoxy) is 1. The second kappa shape index (κ2) is 6.39. The molecule has 1 rings (SSSR count). The van der Waals surface area contributed by atoms with E-state index in [0.29, 0.717) is 6.54 Å². The van der Waals surface area contributed by atoms with Crippen molar-refractivity contribution in [3.05, 3.63) is 33.8 Å². The van der Waals surface area contributed by atoms with Crippen molar-refractivity contribution >= 4 is 27.8 Å². The summed E-state index contributed by atoms with van der Waals surface area (Å²) in [5.41, 5.74) is 2.01. The van der Waals surface area contributed by atoms with Crippen molar-refractivity contribution in [2.45, 2.75) is 20.4 Å². The summed E-state index contributed by atoms with van der Waals surface area (Å²) in [6, 6.07) is 5.77. The highest BCUT2D eigenvalue weighted by Crippen LogP contribution is 2.15. The summed E-state index contributed by atoms with van der Waals surface area (Å²) in [6.45, 7) is 4.10. The van der Waals surface area contributed by atoms with Crippen LogP contribution in [0.3, 0.4) is 0 Å². The van der Waals surface area contributed by atoms with Gasteiger partial charge in [-0.2, -0.15) is 0 Å². The molecular weight excluding hydrogens is 286 g/mol. The molecule has 0 saturated heterocycles. The SMILES string of the molecule is CCOC(=O)C(=O)NCc1cc(Br)ccc1C. The zero-order valence-corrected chi connectivity index (χ0v) is 11.3. The number of carbonyl (C=O) groups excluding carboxylic acids is 2. The minimum Gasteiger partial charge on any atom is -0.459 e. The van der Waals surface area contributed by atoms with Gasteiger partial charge < -0.3 is 10.1 Å². The molecule has 0 bridgehead atoms. The molecular formula is C12H14BrNO3. The number of rotatable bonds is 3. The zero-order valence-electron chi connectivity index (χ0n) is 9.75. The van der Waals surface area contributed by atoms with Gasteiger partial charge in [0.2, 0.25) is 0 Å². The predicted octanol–water partition coefficient (Wildman–Crippen LogP) is 1.94. The minimum absolute atomic E-state index is 0.197. The van der Waals surface area contributed by atoms with Crippen LogP contribution < -0.4 is 5.32 Å². The van der Waals surface area contributed by atoms with Gasteiger partial charge in [0.1, 0.15) is 0 Å². The summed E-state index contributed by atoms with van der Waals surface area (Å²) in [4.78, 5) is 22.4.